The molecular weight excluding hydrogens is 872 g/mol. The number of amides is 1. The molecule has 1 amide bonds. The first kappa shape index (κ1) is 45.0. The molecule has 2 fully saturated rings. The molecule has 3 aromatic heterocycles. The van der Waals surface area contributed by atoms with E-state index in [0.717, 1.165) is 51.6 Å². The van der Waals surface area contributed by atoms with Crippen LogP contribution in [0.5, 0.6) is 23.0 Å². The summed E-state index contributed by atoms with van der Waals surface area (Å²) in [6.07, 6.45) is 8.14. The van der Waals surface area contributed by atoms with Gasteiger partial charge in [0.15, 0.2) is 11.5 Å². The predicted molar refractivity (Wildman–Crippen MR) is 248 cm³/mol. The molecule has 6 aromatic rings. The average Bonchev–Trinajstić information content (AvgIpc) is 3.81. The highest BCUT2D eigenvalue weighted by Gasteiger charge is 2.26. The molecule has 2 aliphatic rings. The van der Waals surface area contributed by atoms with Gasteiger partial charge in [-0.25, -0.2) is 8.42 Å². The number of aromatic nitrogens is 4. The third kappa shape index (κ3) is 11.0. The summed E-state index contributed by atoms with van der Waals surface area (Å²) in [7, 11) is -1.89. The van der Waals surface area contributed by atoms with E-state index < -0.39 is 10.0 Å². The van der Waals surface area contributed by atoms with Gasteiger partial charge >= 0.3 is 0 Å². The Morgan fingerprint density at radius 1 is 0.908 bits per heavy atom. The normalized spacial score (nSPS) is 16.7. The van der Waals surface area contributed by atoms with Crippen LogP contribution in [0, 0.1) is 11.3 Å². The highest BCUT2D eigenvalue weighted by Crippen LogP contribution is 2.39. The van der Waals surface area contributed by atoms with Crippen molar-refractivity contribution < 1.29 is 32.2 Å². The zero-order valence-corrected chi connectivity index (χ0v) is 37.5. The number of ether oxygens (including phenoxy) is 4. The van der Waals surface area contributed by atoms with E-state index in [1.54, 1.807) is 87.0 Å². The molecule has 1 saturated heterocycles. The molecule has 0 atom stereocenters. The Morgan fingerprint density at radius 2 is 1.71 bits per heavy atom. The number of carbonyl (C=O) groups excluding carboxylic acids is 1. The van der Waals surface area contributed by atoms with E-state index in [1.807, 2.05) is 24.3 Å². The van der Waals surface area contributed by atoms with Gasteiger partial charge < -0.3 is 38.7 Å². The number of nitrogens with one attached hydrogen (secondary N) is 3. The van der Waals surface area contributed by atoms with Crippen LogP contribution >= 0.6 is 11.6 Å². The average molecular weight is 921 g/mol. The Morgan fingerprint density at radius 3 is 2.45 bits per heavy atom. The first-order chi connectivity index (χ1) is 31.4. The summed E-state index contributed by atoms with van der Waals surface area (Å²) in [5.74, 6) is 2.55. The fourth-order valence-electron chi connectivity index (χ4n) is 8.06. The molecule has 16 nitrogen and oxygen atoms in total. The number of sulfonamides is 1. The van der Waals surface area contributed by atoms with Crippen LogP contribution in [-0.4, -0.2) is 84.4 Å². The molecule has 8 rings (SSSR count). The van der Waals surface area contributed by atoms with Crippen molar-refractivity contribution in [1.82, 2.24) is 25.1 Å². The van der Waals surface area contributed by atoms with Gasteiger partial charge in [-0.15, -0.1) is 10.2 Å². The number of hydrogen-bond acceptors (Lipinski definition) is 12. The minimum absolute atomic E-state index is 0.00596. The number of rotatable bonds is 16. The second-order valence-corrected chi connectivity index (χ2v) is 18.4. The molecule has 4 heterocycles. The van der Waals surface area contributed by atoms with Gasteiger partial charge in [0.25, 0.3) is 11.5 Å². The van der Waals surface area contributed by atoms with E-state index in [4.69, 9.17) is 35.8 Å². The van der Waals surface area contributed by atoms with E-state index >= 15 is 0 Å². The molecule has 3 N–H and O–H groups in total. The zero-order valence-electron chi connectivity index (χ0n) is 36.0. The molecule has 1 saturated carbocycles. The zero-order chi connectivity index (χ0) is 45.5. The number of pyridine rings is 1. The Labute approximate surface area is 381 Å². The molecule has 0 bridgehead atoms. The number of H-pyrrole nitrogens is 1. The topological polar surface area (TPSA) is 203 Å². The van der Waals surface area contributed by atoms with Gasteiger partial charge in [0.1, 0.15) is 41.2 Å². The number of nitrogens with zero attached hydrogens (tertiary/aromatic N) is 5. The number of benzene rings is 3. The lowest BCUT2D eigenvalue weighted by Crippen LogP contribution is -2.40. The minimum atomic E-state index is -3.55. The van der Waals surface area contributed by atoms with E-state index in [-0.39, 0.29) is 41.2 Å². The first-order valence-corrected chi connectivity index (χ1v) is 23.6. The molecule has 65 heavy (non-hydrogen) atoms. The van der Waals surface area contributed by atoms with Crippen molar-refractivity contribution in [1.29, 1.82) is 5.26 Å². The largest absolute Gasteiger partial charge is 0.491 e. The Bertz CT molecular complexity index is 2870. The molecule has 338 valence electrons. The fraction of sp³-hybridized carbons (Fsp3) is 0.340. The smallest absolute Gasteiger partial charge is 0.274 e. The first-order valence-electron chi connectivity index (χ1n) is 21.5. The summed E-state index contributed by atoms with van der Waals surface area (Å²) in [4.78, 5) is 31.0. The van der Waals surface area contributed by atoms with Gasteiger partial charge in [0.2, 0.25) is 10.0 Å². The van der Waals surface area contributed by atoms with Crippen LogP contribution in [0.25, 0.3) is 22.0 Å². The van der Waals surface area contributed by atoms with Crippen molar-refractivity contribution >= 4 is 49.9 Å². The number of piperidine rings is 1. The summed E-state index contributed by atoms with van der Waals surface area (Å²) in [5, 5.41) is 21.9. The quantitative estimate of drug-likeness (QED) is 0.0805. The van der Waals surface area contributed by atoms with Crippen LogP contribution in [0.4, 0.5) is 11.5 Å². The molecular formula is C47H49ClN8O8S. The van der Waals surface area contributed by atoms with Gasteiger partial charge in [-0.1, -0.05) is 17.7 Å². The molecule has 1 aliphatic heterocycles. The van der Waals surface area contributed by atoms with E-state index in [9.17, 15) is 18.0 Å². The number of fused-ring (bicyclic) bond motifs is 1. The second kappa shape index (κ2) is 20.1. The number of aryl methyl sites for hydroxylation is 1. The van der Waals surface area contributed by atoms with E-state index in [0.29, 0.717) is 80.3 Å². The maximum atomic E-state index is 13.0. The lowest BCUT2D eigenvalue weighted by atomic mass is 9.93. The molecule has 0 spiro atoms. The second-order valence-electron chi connectivity index (χ2n) is 16.0. The molecule has 3 aromatic carbocycles. The number of nitriles is 1. The third-order valence-electron chi connectivity index (χ3n) is 11.6. The number of hydrogen-bond donors (Lipinski definition) is 3. The number of aromatic amines is 1. The summed E-state index contributed by atoms with van der Waals surface area (Å²) in [6.45, 7) is 3.73. The number of carbonyl (C=O) groups is 1. The van der Waals surface area contributed by atoms with Crippen molar-refractivity contribution in [3.05, 3.63) is 118 Å². The van der Waals surface area contributed by atoms with Crippen LogP contribution in [0.2, 0.25) is 5.02 Å². The highest BCUT2D eigenvalue weighted by atomic mass is 35.5. The Kier molecular flexibility index (Phi) is 13.9. The monoisotopic (exact) mass is 920 g/mol. The number of halogens is 1. The van der Waals surface area contributed by atoms with Gasteiger partial charge in [-0.2, -0.15) is 5.26 Å². The SMILES string of the molecule is CCS(=O)(=O)Nc1ccc(Oc2cccc(OCCOC3CCN(c4ccc(C(=O)NC5CCC(Oc6ccc(C#N)c(Cl)c6)CC5)nn4)CC3)c2)c(-c2cn(C)c(=O)c3[nH]ccc23)c1. The summed E-state index contributed by atoms with van der Waals surface area (Å²) < 4.78 is 53.7. The summed E-state index contributed by atoms with van der Waals surface area (Å²) in [5.41, 5.74) is 2.55. The van der Waals surface area contributed by atoms with Crippen molar-refractivity contribution in [2.24, 2.45) is 7.05 Å². The summed E-state index contributed by atoms with van der Waals surface area (Å²) >= 11 is 6.15. The van der Waals surface area contributed by atoms with E-state index in [1.165, 1.54) is 4.57 Å². The predicted octanol–water partition coefficient (Wildman–Crippen LogP) is 7.59. The van der Waals surface area contributed by atoms with Crippen LogP contribution in [0.15, 0.2) is 96.1 Å². The fourth-order valence-corrected chi connectivity index (χ4v) is 8.90. The van der Waals surface area contributed by atoms with Gasteiger partial charge in [0, 0.05) is 72.9 Å². The van der Waals surface area contributed by atoms with Crippen LogP contribution < -0.4 is 34.7 Å². The van der Waals surface area contributed by atoms with Crippen LogP contribution in [0.1, 0.15) is 61.5 Å². The molecule has 0 radical (unpaired) electrons. The van der Waals surface area contributed by atoms with Crippen molar-refractivity contribution in [2.75, 3.05) is 41.7 Å². The Hall–Kier alpha value is -6.61. The van der Waals surface area contributed by atoms with Crippen molar-refractivity contribution in [2.45, 2.75) is 63.7 Å². The van der Waals surface area contributed by atoms with Gasteiger partial charge in [-0.05, 0) is 106 Å². The molecule has 18 heteroatoms. The lowest BCUT2D eigenvalue weighted by molar-refractivity contribution is 0.0202. The molecule has 0 unspecified atom stereocenters. The van der Waals surface area contributed by atoms with Crippen molar-refractivity contribution in [3.8, 4) is 40.2 Å². The van der Waals surface area contributed by atoms with E-state index in [2.05, 4.69) is 30.1 Å². The maximum Gasteiger partial charge on any atom is 0.274 e. The van der Waals surface area contributed by atoms with Gasteiger partial charge in [-0.3, -0.25) is 14.3 Å². The minimum Gasteiger partial charge on any atom is -0.491 e. The van der Waals surface area contributed by atoms with Crippen molar-refractivity contribution in [3.63, 3.8) is 0 Å². The lowest BCUT2D eigenvalue weighted by Gasteiger charge is -2.32. The highest BCUT2D eigenvalue weighted by molar-refractivity contribution is 7.92. The number of anilines is 2. The Balaban J connectivity index is 0.787. The third-order valence-corrected chi connectivity index (χ3v) is 13.2. The summed E-state index contributed by atoms with van der Waals surface area (Å²) in [6, 6.07) is 24.8. The molecule has 1 aliphatic carbocycles. The van der Waals surface area contributed by atoms with Crippen LogP contribution in [0.3, 0.4) is 0 Å². The van der Waals surface area contributed by atoms with Crippen LogP contribution in [-0.2, 0) is 21.8 Å². The maximum absolute atomic E-state index is 13.0. The standard InChI is InChI=1S/C47H49ClN8O8S/c1-3-65(59,60)54-32-10-15-43(39(25-32)40-29-55(2)47(58)45-38(40)17-20-50-45)64-36-6-4-5-35(26-36)62-24-23-61-33-18-21-56(22-19-33)44-16-14-42(52-53-44)46(57)51-31-8-12-34(13-9-31)63-37-11-7-30(28-49)41(48)27-37/h4-7,10-11,14-17,20,25-27,29,31,33-34,50,54H,3,8-9,12-13,18-19,21-24H2,1-2H3,(H,51,57). The van der Waals surface area contributed by atoms with Gasteiger partial charge in [0.05, 0.1) is 35.2 Å².